The molecule has 1 rings (SSSR count). The van der Waals surface area contributed by atoms with Crippen LogP contribution in [0.25, 0.3) is 0 Å². The molecule has 2 N–H and O–H groups in total. The second-order valence-electron chi connectivity index (χ2n) is 1.81. The van der Waals surface area contributed by atoms with E-state index in [0.29, 0.717) is 9.34 Å². The van der Waals surface area contributed by atoms with E-state index in [1.165, 1.54) is 16.8 Å². The maximum absolute atomic E-state index is 10.8. The third-order valence-corrected chi connectivity index (χ3v) is 2.16. The molecule has 4 nitrogen and oxygen atoms in total. The van der Waals surface area contributed by atoms with Gasteiger partial charge in [0.2, 0.25) is 0 Å². The van der Waals surface area contributed by atoms with E-state index in [1.54, 1.807) is 6.92 Å². The van der Waals surface area contributed by atoms with Crippen LogP contribution in [0.4, 0.5) is 0 Å². The predicted molar refractivity (Wildman–Crippen MR) is 41.1 cm³/mol. The van der Waals surface area contributed by atoms with E-state index < -0.39 is 5.91 Å². The van der Waals surface area contributed by atoms with Crippen molar-refractivity contribution >= 4 is 28.8 Å². The second-order valence-corrected chi connectivity index (χ2v) is 3.60. The summed E-state index contributed by atoms with van der Waals surface area (Å²) < 4.78 is 0.293. The minimum Gasteiger partial charge on any atom is -0.288 e. The van der Waals surface area contributed by atoms with Crippen molar-refractivity contribution in [2.45, 2.75) is 6.92 Å². The van der Waals surface area contributed by atoms with Crippen LogP contribution in [-0.2, 0) is 0 Å². The van der Waals surface area contributed by atoms with Crippen molar-refractivity contribution in [2.24, 2.45) is 0 Å². The lowest BCUT2D eigenvalue weighted by Gasteiger charge is -1.92. The van der Waals surface area contributed by atoms with Crippen LogP contribution in [0.15, 0.2) is 0 Å². The number of hydrogen-bond acceptors (Lipinski definition) is 4. The Morgan fingerprint density at radius 1 is 1.82 bits per heavy atom. The average molecular weight is 193 g/mol. The Hall–Kier alpha value is -0.650. The first-order chi connectivity index (χ1) is 5.15. The van der Waals surface area contributed by atoms with Crippen molar-refractivity contribution in [1.29, 1.82) is 0 Å². The number of amides is 1. The number of carbonyl (C=O) groups is 1. The Bertz CT molecular complexity index is 286. The number of rotatable bonds is 1. The van der Waals surface area contributed by atoms with Crippen LogP contribution in [0.1, 0.15) is 15.4 Å². The molecule has 0 fully saturated rings. The van der Waals surface area contributed by atoms with Gasteiger partial charge in [-0.1, -0.05) is 11.6 Å². The molecule has 6 heteroatoms. The number of halogens is 1. The van der Waals surface area contributed by atoms with Crippen molar-refractivity contribution in [3.8, 4) is 0 Å². The van der Waals surface area contributed by atoms with Gasteiger partial charge in [-0.25, -0.2) is 10.5 Å². The highest BCUT2D eigenvalue weighted by atomic mass is 35.5. The van der Waals surface area contributed by atoms with Gasteiger partial charge < -0.3 is 0 Å². The summed E-state index contributed by atoms with van der Waals surface area (Å²) in [5, 5.41) is 8.24. The Morgan fingerprint density at radius 3 is 2.82 bits per heavy atom. The molecule has 0 aromatic carbocycles. The Labute approximate surface area is 71.8 Å². The van der Waals surface area contributed by atoms with Gasteiger partial charge >= 0.3 is 0 Å². The molecule has 0 saturated heterocycles. The molecule has 0 atom stereocenters. The zero-order valence-corrected chi connectivity index (χ0v) is 7.16. The van der Waals surface area contributed by atoms with E-state index >= 15 is 0 Å². The number of aryl methyl sites for hydroxylation is 1. The summed E-state index contributed by atoms with van der Waals surface area (Å²) in [6.45, 7) is 1.70. The lowest BCUT2D eigenvalue weighted by Crippen LogP contribution is -2.19. The molecule has 0 aliphatic carbocycles. The molecule has 60 valence electrons. The average Bonchev–Trinajstić information content (AvgIpc) is 2.28. The summed E-state index contributed by atoms with van der Waals surface area (Å²) in [6.07, 6.45) is 0. The smallest absolute Gasteiger partial charge is 0.288 e. The van der Waals surface area contributed by atoms with E-state index in [9.17, 15) is 4.79 Å². The monoisotopic (exact) mass is 192 g/mol. The normalized spacial score (nSPS) is 9.73. The van der Waals surface area contributed by atoms with Gasteiger partial charge in [-0.05, 0) is 6.92 Å². The van der Waals surface area contributed by atoms with Crippen molar-refractivity contribution in [3.05, 3.63) is 15.0 Å². The minimum absolute atomic E-state index is 0.169. The molecule has 0 unspecified atom stereocenters. The zero-order chi connectivity index (χ0) is 8.43. The van der Waals surface area contributed by atoms with Crippen LogP contribution in [0.2, 0.25) is 4.47 Å². The molecule has 1 heterocycles. The van der Waals surface area contributed by atoms with Crippen molar-refractivity contribution in [2.75, 3.05) is 0 Å². The van der Waals surface area contributed by atoms with E-state index in [-0.39, 0.29) is 5.69 Å². The molecular weight excluding hydrogens is 188 g/mol. The van der Waals surface area contributed by atoms with Gasteiger partial charge in [-0.15, -0.1) is 11.3 Å². The summed E-state index contributed by atoms with van der Waals surface area (Å²) in [5.41, 5.74) is 1.65. The van der Waals surface area contributed by atoms with Crippen molar-refractivity contribution < 1.29 is 10.0 Å². The zero-order valence-electron chi connectivity index (χ0n) is 5.59. The first-order valence-electron chi connectivity index (χ1n) is 2.72. The maximum Gasteiger partial charge on any atom is 0.294 e. The van der Waals surface area contributed by atoms with Gasteiger partial charge in [0.25, 0.3) is 5.91 Å². The fourth-order valence-corrected chi connectivity index (χ4v) is 1.68. The highest BCUT2D eigenvalue weighted by molar-refractivity contribution is 7.15. The Balaban J connectivity index is 3.03. The summed E-state index contributed by atoms with van der Waals surface area (Å²) in [7, 11) is 0. The molecule has 0 spiro atoms. The molecule has 0 saturated carbocycles. The number of thiazole rings is 1. The van der Waals surface area contributed by atoms with Crippen LogP contribution in [0.5, 0.6) is 0 Å². The molecule has 0 aliphatic rings. The highest BCUT2D eigenvalue weighted by Crippen LogP contribution is 2.21. The number of aromatic nitrogens is 1. The summed E-state index contributed by atoms with van der Waals surface area (Å²) >= 11 is 6.71. The number of carbonyl (C=O) groups excluding carboxylic acids is 1. The minimum atomic E-state index is -0.634. The van der Waals surface area contributed by atoms with Gasteiger partial charge in [0.1, 0.15) is 5.69 Å². The quantitative estimate of drug-likeness (QED) is 0.520. The molecule has 0 radical (unpaired) electrons. The largest absolute Gasteiger partial charge is 0.294 e. The highest BCUT2D eigenvalue weighted by Gasteiger charge is 2.12. The van der Waals surface area contributed by atoms with Gasteiger partial charge in [0.05, 0.1) is 0 Å². The van der Waals surface area contributed by atoms with Crippen LogP contribution in [0.3, 0.4) is 0 Å². The Kier molecular flexibility index (Phi) is 2.43. The molecule has 0 aliphatic heterocycles. The third kappa shape index (κ3) is 1.68. The first kappa shape index (κ1) is 8.45. The van der Waals surface area contributed by atoms with Gasteiger partial charge in [-0.3, -0.25) is 10.0 Å². The number of nitrogens with zero attached hydrogens (tertiary/aromatic N) is 1. The van der Waals surface area contributed by atoms with E-state index in [1.807, 2.05) is 0 Å². The molecule has 1 aromatic rings. The molecular formula is C5H5ClN2O2S. The first-order valence-corrected chi connectivity index (χ1v) is 3.92. The standard InChI is InChI=1S/C5H5ClN2O2S/c1-2-3(4(9)8-10)7-5(6)11-2/h10H,1H3,(H,8,9). The van der Waals surface area contributed by atoms with Crippen LogP contribution < -0.4 is 5.48 Å². The fourth-order valence-electron chi connectivity index (χ4n) is 0.628. The van der Waals surface area contributed by atoms with Crippen LogP contribution in [-0.4, -0.2) is 16.1 Å². The van der Waals surface area contributed by atoms with Crippen molar-refractivity contribution in [3.63, 3.8) is 0 Å². The summed E-state index contributed by atoms with van der Waals surface area (Å²) in [6, 6.07) is 0. The van der Waals surface area contributed by atoms with E-state index in [0.717, 1.165) is 0 Å². The summed E-state index contributed by atoms with van der Waals surface area (Å²) in [5.74, 6) is -0.634. The maximum atomic E-state index is 10.8. The number of nitrogens with one attached hydrogen (secondary N) is 1. The lowest BCUT2D eigenvalue weighted by atomic mass is 10.4. The SMILES string of the molecule is Cc1sc(Cl)nc1C(=O)NO. The lowest BCUT2D eigenvalue weighted by molar-refractivity contribution is 0.0701. The molecule has 11 heavy (non-hydrogen) atoms. The fraction of sp³-hybridized carbons (Fsp3) is 0.200. The number of hydroxylamine groups is 1. The van der Waals surface area contributed by atoms with Gasteiger partial charge in [0, 0.05) is 4.88 Å². The van der Waals surface area contributed by atoms with Crippen LogP contribution in [0, 0.1) is 6.92 Å². The van der Waals surface area contributed by atoms with Gasteiger partial charge in [0.15, 0.2) is 4.47 Å². The van der Waals surface area contributed by atoms with Crippen LogP contribution >= 0.6 is 22.9 Å². The molecule has 1 amide bonds. The van der Waals surface area contributed by atoms with Crippen molar-refractivity contribution in [1.82, 2.24) is 10.5 Å². The topological polar surface area (TPSA) is 62.2 Å². The third-order valence-electron chi connectivity index (χ3n) is 1.09. The Morgan fingerprint density at radius 2 is 2.45 bits per heavy atom. The predicted octanol–water partition coefficient (Wildman–Crippen LogP) is 1.22. The van der Waals surface area contributed by atoms with E-state index in [2.05, 4.69) is 4.98 Å². The summed E-state index contributed by atoms with van der Waals surface area (Å²) in [4.78, 5) is 15.1. The number of hydrogen-bond donors (Lipinski definition) is 2. The van der Waals surface area contributed by atoms with E-state index in [4.69, 9.17) is 16.8 Å². The van der Waals surface area contributed by atoms with Gasteiger partial charge in [-0.2, -0.15) is 0 Å². The second kappa shape index (κ2) is 3.17. The molecule has 0 bridgehead atoms. The molecule has 1 aromatic heterocycles.